The van der Waals surface area contributed by atoms with E-state index < -0.39 is 0 Å². The number of para-hydroxylation sites is 1. The van der Waals surface area contributed by atoms with E-state index in [9.17, 15) is 4.79 Å². The average molecular weight is 444 g/mol. The van der Waals surface area contributed by atoms with Gasteiger partial charge < -0.3 is 10.2 Å². The number of halogens is 2. The molecule has 4 nitrogen and oxygen atoms in total. The minimum absolute atomic E-state index is 0. The van der Waals surface area contributed by atoms with E-state index in [-0.39, 0.29) is 30.2 Å². The summed E-state index contributed by atoms with van der Waals surface area (Å²) in [6, 6.07) is 9.09. The van der Waals surface area contributed by atoms with Gasteiger partial charge in [-0.3, -0.25) is 4.79 Å². The van der Waals surface area contributed by atoms with E-state index in [4.69, 9.17) is 4.98 Å². The zero-order valence-corrected chi connectivity index (χ0v) is 19.1. The maximum Gasteiger partial charge on any atom is 0.229 e. The zero-order chi connectivity index (χ0) is 18.1. The number of nitrogens with one attached hydrogen (secondary N) is 1. The molecule has 0 aliphatic carbocycles. The van der Waals surface area contributed by atoms with Crippen molar-refractivity contribution in [2.24, 2.45) is 5.41 Å². The number of carbonyl (C=O) groups is 1. The largest absolute Gasteiger partial charge is 0.335 e. The molecule has 1 aromatic carbocycles. The Bertz CT molecular complexity index is 746. The second kappa shape index (κ2) is 9.75. The summed E-state index contributed by atoms with van der Waals surface area (Å²) in [5.41, 5.74) is 0.735. The van der Waals surface area contributed by atoms with Gasteiger partial charge in [-0.15, -0.1) is 36.2 Å². The van der Waals surface area contributed by atoms with Gasteiger partial charge in [-0.2, -0.15) is 0 Å². The number of nitrogens with zero attached hydrogens (tertiary/aromatic N) is 2. The summed E-state index contributed by atoms with van der Waals surface area (Å²) in [7, 11) is 0. The van der Waals surface area contributed by atoms with Crippen LogP contribution in [0.5, 0.6) is 0 Å². The topological polar surface area (TPSA) is 45.2 Å². The van der Waals surface area contributed by atoms with Crippen molar-refractivity contribution in [1.29, 1.82) is 0 Å². The molecule has 2 unspecified atom stereocenters. The lowest BCUT2D eigenvalue weighted by molar-refractivity contribution is -0.145. The van der Waals surface area contributed by atoms with Crippen LogP contribution in [-0.4, -0.2) is 41.0 Å². The molecule has 3 heterocycles. The van der Waals surface area contributed by atoms with Gasteiger partial charge in [-0.1, -0.05) is 26.0 Å². The third kappa shape index (κ3) is 4.18. The SMILES string of the molecule is CCC(CC)(Cc1nc2ccccc2s1)C(=O)N1C2CCNCC1CC2.Cl.Cl. The van der Waals surface area contributed by atoms with Gasteiger partial charge in [0.25, 0.3) is 0 Å². The van der Waals surface area contributed by atoms with Gasteiger partial charge in [0.05, 0.1) is 20.6 Å². The highest BCUT2D eigenvalue weighted by Gasteiger charge is 2.46. The molecule has 28 heavy (non-hydrogen) atoms. The second-order valence-corrected chi connectivity index (χ2v) is 8.94. The molecule has 2 atom stereocenters. The molecule has 2 fully saturated rings. The fourth-order valence-electron chi connectivity index (χ4n) is 4.75. The molecular formula is C21H31Cl2N3OS. The van der Waals surface area contributed by atoms with Crippen LogP contribution in [0, 0.1) is 5.41 Å². The van der Waals surface area contributed by atoms with E-state index in [1.165, 1.54) is 11.1 Å². The number of benzene rings is 1. The number of hydrogen-bond acceptors (Lipinski definition) is 4. The molecule has 4 rings (SSSR count). The Morgan fingerprint density at radius 1 is 1.18 bits per heavy atom. The Balaban J connectivity index is 0.00000140. The van der Waals surface area contributed by atoms with Gasteiger partial charge >= 0.3 is 0 Å². The predicted molar refractivity (Wildman–Crippen MR) is 122 cm³/mol. The molecule has 0 saturated carbocycles. The number of fused-ring (bicyclic) bond motifs is 3. The summed E-state index contributed by atoms with van der Waals surface area (Å²) >= 11 is 1.75. The van der Waals surface area contributed by atoms with E-state index in [1.54, 1.807) is 11.3 Å². The van der Waals surface area contributed by atoms with Crippen LogP contribution in [0.15, 0.2) is 24.3 Å². The Morgan fingerprint density at radius 3 is 2.61 bits per heavy atom. The van der Waals surface area contributed by atoms with Crippen molar-refractivity contribution >= 4 is 52.3 Å². The predicted octanol–water partition coefficient (Wildman–Crippen LogP) is 4.84. The van der Waals surface area contributed by atoms with Gasteiger partial charge in [-0.05, 0) is 50.8 Å². The molecule has 1 N–H and O–H groups in total. The van der Waals surface area contributed by atoms with Crippen molar-refractivity contribution < 1.29 is 4.79 Å². The van der Waals surface area contributed by atoms with E-state index in [0.717, 1.165) is 55.7 Å². The Kier molecular flexibility index (Phi) is 8.15. The Morgan fingerprint density at radius 2 is 1.89 bits per heavy atom. The molecule has 0 spiro atoms. The molecule has 7 heteroatoms. The van der Waals surface area contributed by atoms with Crippen molar-refractivity contribution in [2.45, 2.75) is 64.5 Å². The minimum atomic E-state index is -0.320. The van der Waals surface area contributed by atoms with E-state index in [2.05, 4.69) is 42.3 Å². The lowest BCUT2D eigenvalue weighted by atomic mass is 9.77. The summed E-state index contributed by atoms with van der Waals surface area (Å²) < 4.78 is 1.22. The third-order valence-electron chi connectivity index (χ3n) is 6.52. The summed E-state index contributed by atoms with van der Waals surface area (Å²) in [5.74, 6) is 0.373. The van der Waals surface area contributed by atoms with E-state index in [1.807, 2.05) is 6.07 Å². The summed E-state index contributed by atoms with van der Waals surface area (Å²) in [4.78, 5) is 20.9. The molecular weight excluding hydrogens is 413 g/mol. The molecule has 0 radical (unpaired) electrons. The summed E-state index contributed by atoms with van der Waals surface area (Å²) in [5, 5.41) is 4.61. The van der Waals surface area contributed by atoms with Crippen LogP contribution in [0.1, 0.15) is 51.0 Å². The number of rotatable bonds is 5. The molecule has 2 aromatic rings. The summed E-state index contributed by atoms with van der Waals surface area (Å²) in [6.45, 7) is 6.33. The number of hydrogen-bond donors (Lipinski definition) is 1. The standard InChI is InChI=1S/C21H29N3OS.2ClH/c1-3-21(4-2,13-19-23-17-7-5-6-8-18(17)26-19)20(25)24-15-9-10-16(24)14-22-12-11-15;;/h5-8,15-16,22H,3-4,9-14H2,1-2H3;2*1H. The van der Waals surface area contributed by atoms with Crippen LogP contribution < -0.4 is 5.32 Å². The normalized spacial score (nSPS) is 21.7. The van der Waals surface area contributed by atoms with Gasteiger partial charge in [0, 0.05) is 25.0 Å². The van der Waals surface area contributed by atoms with Crippen LogP contribution >= 0.6 is 36.2 Å². The van der Waals surface area contributed by atoms with Crippen molar-refractivity contribution in [3.63, 3.8) is 0 Å². The highest BCUT2D eigenvalue weighted by molar-refractivity contribution is 7.18. The van der Waals surface area contributed by atoms with Crippen molar-refractivity contribution in [1.82, 2.24) is 15.2 Å². The third-order valence-corrected chi connectivity index (χ3v) is 7.56. The molecule has 2 saturated heterocycles. The molecule has 2 aliphatic rings. The van der Waals surface area contributed by atoms with Gasteiger partial charge in [0.1, 0.15) is 0 Å². The number of carbonyl (C=O) groups excluding carboxylic acids is 1. The second-order valence-electron chi connectivity index (χ2n) is 7.83. The molecule has 1 aromatic heterocycles. The van der Waals surface area contributed by atoms with Gasteiger partial charge in [0.2, 0.25) is 5.91 Å². The number of amides is 1. The van der Waals surface area contributed by atoms with Gasteiger partial charge in [0.15, 0.2) is 0 Å². The maximum atomic E-state index is 13.8. The molecule has 2 bridgehead atoms. The van der Waals surface area contributed by atoms with Crippen LogP contribution in [0.4, 0.5) is 0 Å². The first kappa shape index (κ1) is 23.4. The van der Waals surface area contributed by atoms with Crippen LogP contribution in [-0.2, 0) is 11.2 Å². The fourth-order valence-corrected chi connectivity index (χ4v) is 5.86. The average Bonchev–Trinajstić information content (AvgIpc) is 3.17. The fraction of sp³-hybridized carbons (Fsp3) is 0.619. The van der Waals surface area contributed by atoms with Crippen LogP contribution in [0.3, 0.4) is 0 Å². The Labute approximate surface area is 184 Å². The van der Waals surface area contributed by atoms with E-state index >= 15 is 0 Å². The smallest absolute Gasteiger partial charge is 0.229 e. The van der Waals surface area contributed by atoms with Gasteiger partial charge in [-0.25, -0.2) is 4.98 Å². The molecule has 1 amide bonds. The van der Waals surface area contributed by atoms with Crippen molar-refractivity contribution in [3.8, 4) is 0 Å². The lowest BCUT2D eigenvalue weighted by Gasteiger charge is -2.38. The summed E-state index contributed by atoms with van der Waals surface area (Å²) in [6.07, 6.45) is 5.93. The maximum absolute atomic E-state index is 13.8. The quantitative estimate of drug-likeness (QED) is 0.718. The first-order valence-electron chi connectivity index (χ1n) is 10.0. The number of aromatic nitrogens is 1. The zero-order valence-electron chi connectivity index (χ0n) is 16.6. The van der Waals surface area contributed by atoms with Crippen LogP contribution in [0.25, 0.3) is 10.2 Å². The van der Waals surface area contributed by atoms with E-state index in [0.29, 0.717) is 18.0 Å². The Hall–Kier alpha value is -0.880. The highest BCUT2D eigenvalue weighted by atomic mass is 35.5. The molecule has 2 aliphatic heterocycles. The lowest BCUT2D eigenvalue weighted by Crippen LogP contribution is -2.50. The highest BCUT2D eigenvalue weighted by Crippen LogP contribution is 2.40. The first-order valence-corrected chi connectivity index (χ1v) is 10.9. The molecule has 156 valence electrons. The first-order chi connectivity index (χ1) is 12.7. The van der Waals surface area contributed by atoms with Crippen molar-refractivity contribution in [3.05, 3.63) is 29.3 Å². The number of thiazole rings is 1. The van der Waals surface area contributed by atoms with Crippen molar-refractivity contribution in [2.75, 3.05) is 13.1 Å². The monoisotopic (exact) mass is 443 g/mol. The minimum Gasteiger partial charge on any atom is -0.335 e. The van der Waals surface area contributed by atoms with Crippen LogP contribution in [0.2, 0.25) is 0 Å².